The summed E-state index contributed by atoms with van der Waals surface area (Å²) in [7, 11) is 0. The number of amides is 1. The predicted molar refractivity (Wildman–Crippen MR) is 167 cm³/mol. The summed E-state index contributed by atoms with van der Waals surface area (Å²) in [4.78, 5) is 37.7. The van der Waals surface area contributed by atoms with Gasteiger partial charge in [0, 0.05) is 42.9 Å². The minimum absolute atomic E-state index is 0.0369. The zero-order chi connectivity index (χ0) is 30.8. The number of aromatic nitrogens is 2. The third-order valence-corrected chi connectivity index (χ3v) is 8.16. The lowest BCUT2D eigenvalue weighted by atomic mass is 9.86. The Labute approximate surface area is 253 Å². The average Bonchev–Trinajstić information content (AvgIpc) is 3.30. The topological polar surface area (TPSA) is 92.6 Å². The summed E-state index contributed by atoms with van der Waals surface area (Å²) in [6.07, 6.45) is 4.10. The van der Waals surface area contributed by atoms with Crippen LogP contribution in [0.3, 0.4) is 0 Å². The fourth-order valence-electron chi connectivity index (χ4n) is 6.35. The lowest BCUT2D eigenvalue weighted by Gasteiger charge is -2.41. The molecule has 5 rings (SSSR count). The lowest BCUT2D eigenvalue weighted by Crippen LogP contribution is -2.52. The Balaban J connectivity index is 1.72. The maximum absolute atomic E-state index is 14.7. The molecular weight excluding hydrogens is 538 g/mol. The summed E-state index contributed by atoms with van der Waals surface area (Å²) in [5, 5.41) is 10.1. The highest BCUT2D eigenvalue weighted by Gasteiger charge is 2.58. The number of carbonyl (C=O) groups excluding carboxylic acids is 1. The molecule has 3 aromatic carbocycles. The Morgan fingerprint density at radius 2 is 1.67 bits per heavy atom. The molecule has 0 radical (unpaired) electrons. The fourth-order valence-corrected chi connectivity index (χ4v) is 6.35. The van der Waals surface area contributed by atoms with Crippen molar-refractivity contribution >= 4 is 12.1 Å². The van der Waals surface area contributed by atoms with Gasteiger partial charge in [-0.1, -0.05) is 95.3 Å². The van der Waals surface area contributed by atoms with Crippen LogP contribution < -0.4 is 0 Å². The molecule has 7 nitrogen and oxygen atoms in total. The molecule has 1 fully saturated rings. The molecule has 7 heteroatoms. The second-order valence-electron chi connectivity index (χ2n) is 12.8. The number of hydrogen-bond donors (Lipinski definition) is 1. The first-order chi connectivity index (χ1) is 20.5. The van der Waals surface area contributed by atoms with Crippen LogP contribution in [0.4, 0.5) is 4.79 Å². The molecule has 0 bridgehead atoms. The van der Waals surface area contributed by atoms with Crippen molar-refractivity contribution in [2.45, 2.75) is 70.6 Å². The van der Waals surface area contributed by atoms with Crippen molar-refractivity contribution in [3.63, 3.8) is 0 Å². The third-order valence-electron chi connectivity index (χ3n) is 8.16. The van der Waals surface area contributed by atoms with Gasteiger partial charge in [0.15, 0.2) is 5.72 Å². The Bertz CT molecular complexity index is 1570. The van der Waals surface area contributed by atoms with Crippen LogP contribution in [0.15, 0.2) is 97.5 Å². The fraction of sp³-hybridized carbons (Fsp3) is 0.333. The van der Waals surface area contributed by atoms with E-state index in [0.29, 0.717) is 17.7 Å². The maximum Gasteiger partial charge on any atom is 0.507 e. The van der Waals surface area contributed by atoms with Gasteiger partial charge in [-0.15, -0.1) is 0 Å². The Morgan fingerprint density at radius 1 is 0.977 bits per heavy atom. The molecule has 222 valence electrons. The molecular formula is C36H39N3O4. The predicted octanol–water partition coefficient (Wildman–Crippen LogP) is 8.25. The number of hydrogen-bond acceptors (Lipinski definition) is 5. The van der Waals surface area contributed by atoms with Gasteiger partial charge in [0.05, 0.1) is 11.7 Å². The highest BCUT2D eigenvalue weighted by molar-refractivity contribution is 5.95. The van der Waals surface area contributed by atoms with E-state index < -0.39 is 17.9 Å². The highest BCUT2D eigenvalue weighted by atomic mass is 16.7. The average molecular weight is 578 g/mol. The van der Waals surface area contributed by atoms with E-state index in [4.69, 9.17) is 4.74 Å². The Morgan fingerprint density at radius 3 is 2.28 bits per heavy atom. The molecule has 1 aliphatic heterocycles. The van der Waals surface area contributed by atoms with Crippen molar-refractivity contribution in [1.82, 2.24) is 14.9 Å². The number of rotatable bonds is 7. The maximum atomic E-state index is 14.7. The molecule has 1 amide bonds. The first kappa shape index (κ1) is 30.0. The number of likely N-dealkylation sites (tertiary alicyclic amines) is 1. The van der Waals surface area contributed by atoms with Crippen molar-refractivity contribution in [3.8, 4) is 11.1 Å². The quantitative estimate of drug-likeness (QED) is 0.222. The van der Waals surface area contributed by atoms with Crippen LogP contribution in [-0.2, 0) is 10.2 Å². The highest BCUT2D eigenvalue weighted by Crippen LogP contribution is 2.54. The molecule has 0 saturated carbocycles. The van der Waals surface area contributed by atoms with Gasteiger partial charge in [0.1, 0.15) is 0 Å². The van der Waals surface area contributed by atoms with Gasteiger partial charge in [-0.05, 0) is 51.8 Å². The van der Waals surface area contributed by atoms with Gasteiger partial charge in [-0.3, -0.25) is 19.7 Å². The SMILES string of the molecule is CC(C)C[C@]1(OC(=O)O)C[C@H](c2cnccn2)[C@H](c2cccc(-c3ccccc3)c2)N1C(=O)c1ccc(C(C)(C)C)cc1. The molecule has 4 aromatic rings. The van der Waals surface area contributed by atoms with Gasteiger partial charge in [0.25, 0.3) is 5.91 Å². The van der Waals surface area contributed by atoms with Crippen LogP contribution in [0, 0.1) is 5.92 Å². The van der Waals surface area contributed by atoms with E-state index in [1.165, 1.54) is 0 Å². The van der Waals surface area contributed by atoms with Crippen molar-refractivity contribution in [2.75, 3.05) is 0 Å². The molecule has 0 aliphatic carbocycles. The largest absolute Gasteiger partial charge is 0.507 e. The number of carbonyl (C=O) groups is 2. The standard InChI is InChI=1S/C36H39N3O4/c1-24(2)21-36(43-34(41)42)22-30(31-23-37-18-19-38-31)32(28-13-9-12-27(20-28)25-10-7-6-8-11-25)39(36)33(40)26-14-16-29(17-15-26)35(3,4)5/h6-20,23-24,30,32H,21-22H2,1-5H3,(H,41,42)/t30-,32+,36+/m1/s1. The number of carboxylic acid groups (broad SMARTS) is 1. The summed E-state index contributed by atoms with van der Waals surface area (Å²) in [6.45, 7) is 10.4. The van der Waals surface area contributed by atoms with E-state index in [0.717, 1.165) is 22.3 Å². The smallest absolute Gasteiger partial charge is 0.450 e. The summed E-state index contributed by atoms with van der Waals surface area (Å²) in [5.74, 6) is -0.616. The van der Waals surface area contributed by atoms with E-state index >= 15 is 0 Å². The Kier molecular flexibility index (Phi) is 8.36. The summed E-state index contributed by atoms with van der Waals surface area (Å²) >= 11 is 0. The third kappa shape index (κ3) is 6.31. The molecule has 1 aromatic heterocycles. The molecule has 43 heavy (non-hydrogen) atoms. The van der Waals surface area contributed by atoms with Crippen molar-refractivity contribution in [3.05, 3.63) is 120 Å². The van der Waals surface area contributed by atoms with Gasteiger partial charge < -0.3 is 9.84 Å². The molecule has 2 heterocycles. The lowest BCUT2D eigenvalue weighted by molar-refractivity contribution is -0.108. The first-order valence-corrected chi connectivity index (χ1v) is 14.8. The summed E-state index contributed by atoms with van der Waals surface area (Å²) in [5.41, 5.74) is 3.66. The van der Waals surface area contributed by atoms with Crippen LogP contribution >= 0.6 is 0 Å². The summed E-state index contributed by atoms with van der Waals surface area (Å²) in [6, 6.07) is 25.2. The Hall–Kier alpha value is -4.52. The molecule has 1 aliphatic rings. The molecule has 1 saturated heterocycles. The van der Waals surface area contributed by atoms with E-state index in [-0.39, 0.29) is 29.6 Å². The normalized spacial score (nSPS) is 20.3. The van der Waals surface area contributed by atoms with Gasteiger partial charge >= 0.3 is 6.16 Å². The van der Waals surface area contributed by atoms with E-state index in [9.17, 15) is 14.7 Å². The van der Waals surface area contributed by atoms with Gasteiger partial charge in [0.2, 0.25) is 0 Å². The van der Waals surface area contributed by atoms with Gasteiger partial charge in [-0.25, -0.2) is 4.79 Å². The zero-order valence-corrected chi connectivity index (χ0v) is 25.4. The molecule has 1 N–H and O–H groups in total. The number of nitrogens with zero attached hydrogens (tertiary/aromatic N) is 3. The minimum Gasteiger partial charge on any atom is -0.450 e. The van der Waals surface area contributed by atoms with E-state index in [1.54, 1.807) is 23.5 Å². The van der Waals surface area contributed by atoms with Crippen molar-refractivity contribution in [2.24, 2.45) is 5.92 Å². The van der Waals surface area contributed by atoms with Crippen LogP contribution in [0.2, 0.25) is 0 Å². The van der Waals surface area contributed by atoms with Crippen molar-refractivity contribution < 1.29 is 19.4 Å². The van der Waals surface area contributed by atoms with Crippen LogP contribution in [-0.4, -0.2) is 37.8 Å². The minimum atomic E-state index is -1.42. The second-order valence-corrected chi connectivity index (χ2v) is 12.8. The summed E-state index contributed by atoms with van der Waals surface area (Å²) < 4.78 is 5.83. The number of ether oxygens (including phenoxy) is 1. The number of benzene rings is 3. The molecule has 0 unspecified atom stereocenters. The van der Waals surface area contributed by atoms with E-state index in [1.807, 2.05) is 86.6 Å². The molecule has 3 atom stereocenters. The van der Waals surface area contributed by atoms with Crippen LogP contribution in [0.25, 0.3) is 11.1 Å². The first-order valence-electron chi connectivity index (χ1n) is 14.8. The monoisotopic (exact) mass is 577 g/mol. The van der Waals surface area contributed by atoms with Crippen LogP contribution in [0.5, 0.6) is 0 Å². The second kappa shape index (κ2) is 12.0. The zero-order valence-electron chi connectivity index (χ0n) is 25.4. The van der Waals surface area contributed by atoms with E-state index in [2.05, 4.69) is 36.8 Å². The van der Waals surface area contributed by atoms with Crippen LogP contribution in [0.1, 0.15) is 86.6 Å². The van der Waals surface area contributed by atoms with Crippen molar-refractivity contribution in [1.29, 1.82) is 0 Å². The molecule has 0 spiro atoms. The van der Waals surface area contributed by atoms with Gasteiger partial charge in [-0.2, -0.15) is 0 Å².